The van der Waals surface area contributed by atoms with Crippen LogP contribution in [0.25, 0.3) is 0 Å². The van der Waals surface area contributed by atoms with E-state index in [-0.39, 0.29) is 6.04 Å². The molecule has 0 aromatic rings. The normalized spacial score (nSPS) is 35.2. The van der Waals surface area contributed by atoms with Gasteiger partial charge < -0.3 is 5.11 Å². The topological polar surface area (TPSA) is 40.5 Å². The summed E-state index contributed by atoms with van der Waals surface area (Å²) in [7, 11) is 0. The first kappa shape index (κ1) is 9.00. The standard InChI is InChI=1S/C10H17NO2/c1-7-4-5-11(6-8-2-3-8)9(7)10(12)13/h7-9H,2-6H2,1H3,(H,12,13). The number of carbonyl (C=O) groups is 1. The molecule has 1 aliphatic carbocycles. The molecule has 0 radical (unpaired) electrons. The van der Waals surface area contributed by atoms with Gasteiger partial charge in [0.15, 0.2) is 0 Å². The predicted molar refractivity (Wildman–Crippen MR) is 49.5 cm³/mol. The summed E-state index contributed by atoms with van der Waals surface area (Å²) in [6, 6.07) is -0.208. The van der Waals surface area contributed by atoms with Crippen molar-refractivity contribution in [1.29, 1.82) is 0 Å². The van der Waals surface area contributed by atoms with Gasteiger partial charge in [0.2, 0.25) is 0 Å². The van der Waals surface area contributed by atoms with E-state index in [1.54, 1.807) is 0 Å². The van der Waals surface area contributed by atoms with E-state index in [0.717, 1.165) is 25.4 Å². The summed E-state index contributed by atoms with van der Waals surface area (Å²) in [5.74, 6) is 0.494. The zero-order valence-corrected chi connectivity index (χ0v) is 8.07. The Balaban J connectivity index is 1.96. The highest BCUT2D eigenvalue weighted by Crippen LogP contribution is 2.33. The summed E-state index contributed by atoms with van der Waals surface area (Å²) in [4.78, 5) is 13.1. The van der Waals surface area contributed by atoms with E-state index < -0.39 is 5.97 Å². The van der Waals surface area contributed by atoms with Crippen molar-refractivity contribution in [2.45, 2.75) is 32.2 Å². The Labute approximate surface area is 78.7 Å². The van der Waals surface area contributed by atoms with E-state index in [2.05, 4.69) is 4.90 Å². The molecular formula is C10H17NO2. The van der Waals surface area contributed by atoms with Crippen molar-refractivity contribution in [2.75, 3.05) is 13.1 Å². The summed E-state index contributed by atoms with van der Waals surface area (Å²) in [6.07, 6.45) is 3.65. The molecule has 0 aromatic carbocycles. The first-order valence-electron chi connectivity index (χ1n) is 5.15. The number of rotatable bonds is 3. The number of hydrogen-bond acceptors (Lipinski definition) is 2. The van der Waals surface area contributed by atoms with Crippen molar-refractivity contribution in [3.8, 4) is 0 Å². The molecule has 0 amide bonds. The van der Waals surface area contributed by atoms with Gasteiger partial charge in [0.05, 0.1) is 0 Å². The van der Waals surface area contributed by atoms with Gasteiger partial charge in [-0.2, -0.15) is 0 Å². The van der Waals surface area contributed by atoms with E-state index in [9.17, 15) is 4.79 Å². The third-order valence-electron chi connectivity index (χ3n) is 3.25. The molecule has 1 saturated heterocycles. The second-order valence-electron chi connectivity index (χ2n) is 4.49. The van der Waals surface area contributed by atoms with Crippen LogP contribution in [0.2, 0.25) is 0 Å². The number of likely N-dealkylation sites (tertiary alicyclic amines) is 1. The lowest BCUT2D eigenvalue weighted by Crippen LogP contribution is -2.39. The smallest absolute Gasteiger partial charge is 0.321 e. The Bertz CT molecular complexity index is 213. The Morgan fingerprint density at radius 3 is 2.69 bits per heavy atom. The Morgan fingerprint density at radius 2 is 2.15 bits per heavy atom. The first-order chi connectivity index (χ1) is 6.18. The van der Waals surface area contributed by atoms with Crippen LogP contribution in [0.3, 0.4) is 0 Å². The van der Waals surface area contributed by atoms with Crippen molar-refractivity contribution in [2.24, 2.45) is 11.8 Å². The van der Waals surface area contributed by atoms with Gasteiger partial charge in [0, 0.05) is 6.54 Å². The van der Waals surface area contributed by atoms with E-state index in [0.29, 0.717) is 5.92 Å². The summed E-state index contributed by atoms with van der Waals surface area (Å²) in [5, 5.41) is 9.05. The van der Waals surface area contributed by atoms with Crippen molar-refractivity contribution in [3.63, 3.8) is 0 Å². The number of nitrogens with zero attached hydrogens (tertiary/aromatic N) is 1. The Hall–Kier alpha value is -0.570. The fraction of sp³-hybridized carbons (Fsp3) is 0.900. The lowest BCUT2D eigenvalue weighted by atomic mass is 10.0. The monoisotopic (exact) mass is 183 g/mol. The molecule has 2 atom stereocenters. The minimum Gasteiger partial charge on any atom is -0.480 e. The SMILES string of the molecule is CC1CCN(CC2CC2)C1C(=O)O. The number of aliphatic carboxylic acids is 1. The molecule has 1 aliphatic heterocycles. The maximum atomic E-state index is 11.0. The van der Waals surface area contributed by atoms with Crippen LogP contribution in [0, 0.1) is 11.8 Å². The van der Waals surface area contributed by atoms with Crippen LogP contribution in [-0.4, -0.2) is 35.1 Å². The molecule has 2 fully saturated rings. The molecular weight excluding hydrogens is 166 g/mol. The lowest BCUT2D eigenvalue weighted by Gasteiger charge is -2.22. The molecule has 0 bridgehead atoms. The fourth-order valence-corrected chi connectivity index (χ4v) is 2.26. The second kappa shape index (κ2) is 3.29. The Kier molecular flexibility index (Phi) is 2.28. The number of carboxylic acids is 1. The zero-order valence-electron chi connectivity index (χ0n) is 8.07. The highest BCUT2D eigenvalue weighted by molar-refractivity contribution is 5.74. The highest BCUT2D eigenvalue weighted by Gasteiger charge is 2.38. The van der Waals surface area contributed by atoms with Crippen LogP contribution in [0.4, 0.5) is 0 Å². The summed E-state index contributed by atoms with van der Waals surface area (Å²) in [5.41, 5.74) is 0. The summed E-state index contributed by atoms with van der Waals surface area (Å²) in [6.45, 7) is 4.04. The van der Waals surface area contributed by atoms with Gasteiger partial charge in [-0.3, -0.25) is 9.69 Å². The number of carboxylic acid groups (broad SMARTS) is 1. The minimum atomic E-state index is -0.634. The van der Waals surface area contributed by atoms with Crippen molar-refractivity contribution in [3.05, 3.63) is 0 Å². The van der Waals surface area contributed by atoms with Crippen molar-refractivity contribution < 1.29 is 9.90 Å². The summed E-state index contributed by atoms with van der Waals surface area (Å²) >= 11 is 0. The molecule has 1 heterocycles. The maximum absolute atomic E-state index is 11.0. The van der Waals surface area contributed by atoms with Crippen LogP contribution < -0.4 is 0 Å². The molecule has 1 N–H and O–H groups in total. The third kappa shape index (κ3) is 1.85. The molecule has 0 spiro atoms. The van der Waals surface area contributed by atoms with E-state index in [1.165, 1.54) is 12.8 Å². The maximum Gasteiger partial charge on any atom is 0.321 e. The number of hydrogen-bond donors (Lipinski definition) is 1. The largest absolute Gasteiger partial charge is 0.480 e. The van der Waals surface area contributed by atoms with Crippen LogP contribution in [-0.2, 0) is 4.79 Å². The molecule has 74 valence electrons. The van der Waals surface area contributed by atoms with Gasteiger partial charge in [-0.15, -0.1) is 0 Å². The second-order valence-corrected chi connectivity index (χ2v) is 4.49. The molecule has 2 aliphatic rings. The Morgan fingerprint density at radius 1 is 1.46 bits per heavy atom. The molecule has 13 heavy (non-hydrogen) atoms. The molecule has 3 nitrogen and oxygen atoms in total. The van der Waals surface area contributed by atoms with Gasteiger partial charge in [-0.1, -0.05) is 6.92 Å². The predicted octanol–water partition coefficient (Wildman–Crippen LogP) is 1.19. The minimum absolute atomic E-state index is 0.208. The van der Waals surface area contributed by atoms with Crippen LogP contribution in [0.15, 0.2) is 0 Å². The van der Waals surface area contributed by atoms with Gasteiger partial charge in [0.25, 0.3) is 0 Å². The fourth-order valence-electron chi connectivity index (χ4n) is 2.26. The van der Waals surface area contributed by atoms with Crippen LogP contribution in [0.5, 0.6) is 0 Å². The third-order valence-corrected chi connectivity index (χ3v) is 3.25. The lowest BCUT2D eigenvalue weighted by molar-refractivity contribution is -0.143. The van der Waals surface area contributed by atoms with Gasteiger partial charge >= 0.3 is 5.97 Å². The van der Waals surface area contributed by atoms with Crippen molar-refractivity contribution >= 4 is 5.97 Å². The molecule has 2 rings (SSSR count). The van der Waals surface area contributed by atoms with E-state index >= 15 is 0 Å². The van der Waals surface area contributed by atoms with Gasteiger partial charge in [-0.25, -0.2) is 0 Å². The summed E-state index contributed by atoms with van der Waals surface area (Å²) < 4.78 is 0. The van der Waals surface area contributed by atoms with Crippen LogP contribution in [0.1, 0.15) is 26.2 Å². The quantitative estimate of drug-likeness (QED) is 0.714. The van der Waals surface area contributed by atoms with Gasteiger partial charge in [-0.05, 0) is 37.6 Å². The van der Waals surface area contributed by atoms with Gasteiger partial charge in [0.1, 0.15) is 6.04 Å². The van der Waals surface area contributed by atoms with Crippen molar-refractivity contribution in [1.82, 2.24) is 4.90 Å². The zero-order chi connectivity index (χ0) is 9.42. The average Bonchev–Trinajstić information content (AvgIpc) is 2.76. The molecule has 2 unspecified atom stereocenters. The highest BCUT2D eigenvalue weighted by atomic mass is 16.4. The molecule has 1 saturated carbocycles. The first-order valence-corrected chi connectivity index (χ1v) is 5.15. The van der Waals surface area contributed by atoms with Crippen LogP contribution >= 0.6 is 0 Å². The molecule has 3 heteroatoms. The average molecular weight is 183 g/mol. The van der Waals surface area contributed by atoms with E-state index in [1.807, 2.05) is 6.92 Å². The molecule has 0 aromatic heterocycles. The van der Waals surface area contributed by atoms with E-state index in [4.69, 9.17) is 5.11 Å².